The molecule has 1 aliphatic heterocycles. The molecule has 5 rings (SSSR count). The fraction of sp³-hybridized carbons (Fsp3) is 0.395. The summed E-state index contributed by atoms with van der Waals surface area (Å²) >= 11 is 12.0. The Bertz CT molecular complexity index is 1720. The molecule has 0 fully saturated rings. The van der Waals surface area contributed by atoms with Gasteiger partial charge in [-0.25, -0.2) is 0 Å². The van der Waals surface area contributed by atoms with Gasteiger partial charge < -0.3 is 32.3 Å². The standard InChI is InChI=1S/C38H46BrClN6O3S/c1-46-33(20-25-16-15-24-9-2-4-11-29(24)25)37(48)44-23-27-19-28(39)21-30(40)35(27)50-34-14-5-3-10-26(34)22-43-31(13-8-18-42)36(47)45-32(38(46)49)12-6-7-17-41/h2-5,9-11,14,16,19,21,31-33,43H,6-8,12-13,15,17-18,20,22-23,41-42H2,1H3,(H,44,48)(H,45,47)/t31-,32-,33-/m0/s1. The van der Waals surface area contributed by atoms with E-state index < -0.39 is 18.1 Å². The first kappa shape index (κ1) is 38.1. The van der Waals surface area contributed by atoms with Gasteiger partial charge in [0.2, 0.25) is 17.7 Å². The molecule has 12 heteroatoms. The number of nitrogens with zero attached hydrogens (tertiary/aromatic N) is 1. The highest BCUT2D eigenvalue weighted by Crippen LogP contribution is 2.40. The van der Waals surface area contributed by atoms with Gasteiger partial charge in [0.05, 0.1) is 11.1 Å². The van der Waals surface area contributed by atoms with Gasteiger partial charge in [0.1, 0.15) is 12.1 Å². The van der Waals surface area contributed by atoms with Crippen molar-refractivity contribution in [1.82, 2.24) is 20.9 Å². The third-order valence-electron chi connectivity index (χ3n) is 9.30. The van der Waals surface area contributed by atoms with Crippen LogP contribution in [-0.4, -0.2) is 60.9 Å². The van der Waals surface area contributed by atoms with E-state index in [1.54, 1.807) is 7.05 Å². The zero-order valence-electron chi connectivity index (χ0n) is 28.4. The van der Waals surface area contributed by atoms with Gasteiger partial charge in [0.15, 0.2) is 0 Å². The summed E-state index contributed by atoms with van der Waals surface area (Å²) in [6, 6.07) is 17.6. The van der Waals surface area contributed by atoms with Crippen molar-refractivity contribution in [2.75, 3.05) is 20.1 Å². The van der Waals surface area contributed by atoms with E-state index in [0.717, 1.165) is 42.9 Å². The number of amides is 3. The number of nitrogens with two attached hydrogens (primary N) is 2. The zero-order valence-corrected chi connectivity index (χ0v) is 31.5. The van der Waals surface area contributed by atoms with Gasteiger partial charge in [-0.1, -0.05) is 87.8 Å². The van der Waals surface area contributed by atoms with Crippen LogP contribution in [0.5, 0.6) is 0 Å². The van der Waals surface area contributed by atoms with E-state index in [2.05, 4.69) is 50.1 Å². The fourth-order valence-electron chi connectivity index (χ4n) is 6.48. The Hall–Kier alpha value is -3.19. The topological polar surface area (TPSA) is 143 Å². The fourth-order valence-corrected chi connectivity index (χ4v) is 8.53. The van der Waals surface area contributed by atoms with Crippen molar-refractivity contribution in [2.45, 2.75) is 86.0 Å². The normalized spacial score (nSPS) is 20.3. The molecule has 3 aromatic carbocycles. The molecule has 7 N–H and O–H groups in total. The Morgan fingerprint density at radius 2 is 1.60 bits per heavy atom. The summed E-state index contributed by atoms with van der Waals surface area (Å²) in [5.41, 5.74) is 16.8. The number of fused-ring (bicyclic) bond motifs is 3. The van der Waals surface area contributed by atoms with E-state index in [-0.39, 0.29) is 24.3 Å². The number of rotatable bonds is 9. The lowest BCUT2D eigenvalue weighted by molar-refractivity contribution is -0.142. The number of carbonyl (C=O) groups excluding carboxylic acids is 3. The van der Waals surface area contributed by atoms with E-state index in [1.165, 1.54) is 22.2 Å². The maximum atomic E-state index is 14.4. The maximum absolute atomic E-state index is 14.4. The lowest BCUT2D eigenvalue weighted by atomic mass is 9.97. The van der Waals surface area contributed by atoms with Crippen LogP contribution in [-0.2, 0) is 33.9 Å². The molecule has 0 radical (unpaired) electrons. The average molecular weight is 782 g/mol. The molecule has 3 aromatic rings. The van der Waals surface area contributed by atoms with E-state index in [1.807, 2.05) is 48.5 Å². The molecule has 0 unspecified atom stereocenters. The van der Waals surface area contributed by atoms with Crippen molar-refractivity contribution in [1.29, 1.82) is 0 Å². The first-order valence-corrected chi connectivity index (χ1v) is 19.2. The molecule has 0 aromatic heterocycles. The molecule has 2 aliphatic rings. The van der Waals surface area contributed by atoms with Crippen molar-refractivity contribution >= 4 is 62.6 Å². The predicted octanol–water partition coefficient (Wildman–Crippen LogP) is 5.55. The molecule has 3 atom stereocenters. The van der Waals surface area contributed by atoms with Crippen molar-refractivity contribution in [3.8, 4) is 0 Å². The number of likely N-dealkylation sites (N-methyl/N-ethyl adjacent to an activating group) is 1. The number of halogens is 2. The molecule has 0 saturated heterocycles. The number of hydrogen-bond acceptors (Lipinski definition) is 7. The first-order valence-electron chi connectivity index (χ1n) is 17.2. The molecule has 0 spiro atoms. The molecule has 1 aliphatic carbocycles. The van der Waals surface area contributed by atoms with Crippen LogP contribution in [0, 0.1) is 0 Å². The zero-order chi connectivity index (χ0) is 35.6. The Morgan fingerprint density at radius 1 is 0.880 bits per heavy atom. The van der Waals surface area contributed by atoms with Crippen LogP contribution in [0.25, 0.3) is 5.57 Å². The quantitative estimate of drug-likeness (QED) is 0.179. The smallest absolute Gasteiger partial charge is 0.245 e. The Labute approximate surface area is 312 Å². The minimum Gasteiger partial charge on any atom is -0.350 e. The second kappa shape index (κ2) is 18.3. The Balaban J connectivity index is 1.56. The van der Waals surface area contributed by atoms with Gasteiger partial charge in [-0.3, -0.25) is 14.4 Å². The average Bonchev–Trinajstić information content (AvgIpc) is 3.52. The highest BCUT2D eigenvalue weighted by atomic mass is 79.9. The second-order valence-electron chi connectivity index (χ2n) is 12.8. The lowest BCUT2D eigenvalue weighted by Gasteiger charge is -2.32. The van der Waals surface area contributed by atoms with Gasteiger partial charge in [0, 0.05) is 40.8 Å². The summed E-state index contributed by atoms with van der Waals surface area (Å²) in [6.07, 6.45) is 6.10. The molecule has 9 nitrogen and oxygen atoms in total. The maximum Gasteiger partial charge on any atom is 0.245 e. The van der Waals surface area contributed by atoms with Gasteiger partial charge in [0.25, 0.3) is 0 Å². The highest BCUT2D eigenvalue weighted by molar-refractivity contribution is 9.10. The minimum absolute atomic E-state index is 0.201. The minimum atomic E-state index is -0.838. The Morgan fingerprint density at radius 3 is 2.38 bits per heavy atom. The summed E-state index contributed by atoms with van der Waals surface area (Å²) in [5.74, 6) is -0.895. The molecule has 0 bridgehead atoms. The summed E-state index contributed by atoms with van der Waals surface area (Å²) in [5, 5.41) is 10.2. The van der Waals surface area contributed by atoms with Gasteiger partial charge in [-0.2, -0.15) is 0 Å². The molecular formula is C38H46BrClN6O3S. The number of allylic oxidation sites excluding steroid dienone is 1. The van der Waals surface area contributed by atoms with Crippen LogP contribution in [0.3, 0.4) is 0 Å². The van der Waals surface area contributed by atoms with Gasteiger partial charge in [-0.05, 0) is 97.6 Å². The van der Waals surface area contributed by atoms with E-state index in [9.17, 15) is 14.4 Å². The largest absolute Gasteiger partial charge is 0.350 e. The summed E-state index contributed by atoms with van der Waals surface area (Å²) in [4.78, 5) is 45.9. The molecule has 0 saturated carbocycles. The highest BCUT2D eigenvalue weighted by Gasteiger charge is 2.35. The van der Waals surface area contributed by atoms with Crippen molar-refractivity contribution in [3.63, 3.8) is 0 Å². The van der Waals surface area contributed by atoms with Crippen molar-refractivity contribution in [3.05, 3.63) is 98.5 Å². The second-order valence-corrected chi connectivity index (χ2v) is 15.1. The molecule has 50 heavy (non-hydrogen) atoms. The number of benzene rings is 3. The summed E-state index contributed by atoms with van der Waals surface area (Å²) in [6.45, 7) is 1.52. The third-order valence-corrected chi connectivity index (χ3v) is 11.5. The number of carbonyl (C=O) groups is 3. The monoisotopic (exact) mass is 780 g/mol. The molecule has 3 amide bonds. The van der Waals surface area contributed by atoms with Crippen LogP contribution >= 0.6 is 39.3 Å². The summed E-state index contributed by atoms with van der Waals surface area (Å²) in [7, 11) is 1.66. The SMILES string of the molecule is CN1C(=O)[C@H](CCCCN)NC(=O)[C@H](CCCN)NCc2ccccc2Sc2c(Cl)cc(Br)cc2CNC(=O)[C@@H]1CC1=CCc2ccccc21. The van der Waals surface area contributed by atoms with Crippen LogP contribution in [0.4, 0.5) is 0 Å². The third kappa shape index (κ3) is 9.57. The molecule has 266 valence electrons. The van der Waals surface area contributed by atoms with Crippen LogP contribution in [0.15, 0.2) is 81.0 Å². The summed E-state index contributed by atoms with van der Waals surface area (Å²) < 4.78 is 0.793. The van der Waals surface area contributed by atoms with E-state index >= 15 is 0 Å². The van der Waals surface area contributed by atoms with Crippen LogP contribution in [0.2, 0.25) is 5.02 Å². The van der Waals surface area contributed by atoms with Crippen molar-refractivity contribution < 1.29 is 14.4 Å². The van der Waals surface area contributed by atoms with E-state index in [4.69, 9.17) is 23.1 Å². The van der Waals surface area contributed by atoms with E-state index in [0.29, 0.717) is 63.2 Å². The lowest BCUT2D eigenvalue weighted by Crippen LogP contribution is -2.56. The Kier molecular flexibility index (Phi) is 14.0. The van der Waals surface area contributed by atoms with Crippen LogP contribution < -0.4 is 27.4 Å². The predicted molar refractivity (Wildman–Crippen MR) is 205 cm³/mol. The van der Waals surface area contributed by atoms with Crippen molar-refractivity contribution in [2.24, 2.45) is 11.5 Å². The number of hydrogen-bond donors (Lipinski definition) is 5. The van der Waals surface area contributed by atoms with Crippen LogP contribution in [0.1, 0.15) is 60.8 Å². The molecular weight excluding hydrogens is 736 g/mol. The number of nitrogens with one attached hydrogen (secondary N) is 3. The molecule has 1 heterocycles. The van der Waals surface area contributed by atoms with Gasteiger partial charge >= 0.3 is 0 Å². The number of unbranched alkanes of at least 4 members (excludes halogenated alkanes) is 1. The first-order chi connectivity index (χ1) is 24.2. The van der Waals surface area contributed by atoms with Gasteiger partial charge in [-0.15, -0.1) is 0 Å².